The van der Waals surface area contributed by atoms with Crippen molar-refractivity contribution >= 4 is 5.97 Å². The SMILES string of the molecule is CCCCC(C)(OC)C(=O)OC. The van der Waals surface area contributed by atoms with Crippen molar-refractivity contribution in [2.45, 2.75) is 38.7 Å². The number of ether oxygens (including phenoxy) is 2. The van der Waals surface area contributed by atoms with Crippen LogP contribution in [0.25, 0.3) is 0 Å². The average Bonchev–Trinajstić information content (AvgIpc) is 2.12. The van der Waals surface area contributed by atoms with Gasteiger partial charge in [0.05, 0.1) is 7.11 Å². The van der Waals surface area contributed by atoms with Crippen LogP contribution in [0.1, 0.15) is 33.1 Å². The third-order valence-electron chi connectivity index (χ3n) is 2.08. The second-order valence-corrected chi connectivity index (χ2v) is 3.03. The molecule has 0 amide bonds. The van der Waals surface area contributed by atoms with Crippen LogP contribution in [0.4, 0.5) is 0 Å². The zero-order valence-corrected chi connectivity index (χ0v) is 8.35. The second-order valence-electron chi connectivity index (χ2n) is 3.03. The molecule has 0 aliphatic carbocycles. The zero-order valence-electron chi connectivity index (χ0n) is 8.35. The maximum Gasteiger partial charge on any atom is 0.337 e. The number of hydrogen-bond acceptors (Lipinski definition) is 3. The standard InChI is InChI=1S/C9H18O3/c1-5-6-7-9(2,12-4)8(10)11-3/h5-7H2,1-4H3. The number of unbranched alkanes of at least 4 members (excludes halogenated alkanes) is 1. The largest absolute Gasteiger partial charge is 0.467 e. The van der Waals surface area contributed by atoms with Gasteiger partial charge in [-0.25, -0.2) is 4.79 Å². The van der Waals surface area contributed by atoms with E-state index in [-0.39, 0.29) is 5.97 Å². The van der Waals surface area contributed by atoms with Crippen LogP contribution in [0.15, 0.2) is 0 Å². The van der Waals surface area contributed by atoms with Gasteiger partial charge in [0.15, 0.2) is 5.60 Å². The van der Waals surface area contributed by atoms with Crippen molar-refractivity contribution < 1.29 is 14.3 Å². The van der Waals surface area contributed by atoms with E-state index in [1.807, 2.05) is 0 Å². The van der Waals surface area contributed by atoms with Gasteiger partial charge in [0.1, 0.15) is 0 Å². The highest BCUT2D eigenvalue weighted by molar-refractivity contribution is 5.78. The molecule has 0 rings (SSSR count). The van der Waals surface area contributed by atoms with Crippen molar-refractivity contribution in [3.8, 4) is 0 Å². The van der Waals surface area contributed by atoms with Gasteiger partial charge < -0.3 is 9.47 Å². The van der Waals surface area contributed by atoms with Crippen LogP contribution in [-0.4, -0.2) is 25.8 Å². The molecule has 12 heavy (non-hydrogen) atoms. The summed E-state index contributed by atoms with van der Waals surface area (Å²) < 4.78 is 9.76. The fourth-order valence-electron chi connectivity index (χ4n) is 1.02. The first-order valence-corrected chi connectivity index (χ1v) is 4.24. The maximum atomic E-state index is 11.2. The van der Waals surface area contributed by atoms with Crippen LogP contribution in [0.5, 0.6) is 0 Å². The molecule has 1 unspecified atom stereocenters. The Morgan fingerprint density at radius 1 is 1.42 bits per heavy atom. The van der Waals surface area contributed by atoms with Crippen LogP contribution in [0, 0.1) is 0 Å². The van der Waals surface area contributed by atoms with Gasteiger partial charge in [-0.05, 0) is 13.3 Å². The summed E-state index contributed by atoms with van der Waals surface area (Å²) in [5.41, 5.74) is -0.759. The lowest BCUT2D eigenvalue weighted by molar-refractivity contribution is -0.164. The molecule has 0 aromatic heterocycles. The molecule has 3 nitrogen and oxygen atoms in total. The van der Waals surface area contributed by atoms with Crippen LogP contribution in [-0.2, 0) is 14.3 Å². The van der Waals surface area contributed by atoms with Gasteiger partial charge in [-0.2, -0.15) is 0 Å². The Morgan fingerprint density at radius 3 is 2.33 bits per heavy atom. The minimum Gasteiger partial charge on any atom is -0.467 e. The van der Waals surface area contributed by atoms with E-state index < -0.39 is 5.60 Å². The molecular formula is C9H18O3. The molecule has 0 N–H and O–H groups in total. The Bertz CT molecular complexity index is 145. The molecule has 72 valence electrons. The lowest BCUT2D eigenvalue weighted by Gasteiger charge is -2.24. The van der Waals surface area contributed by atoms with Gasteiger partial charge >= 0.3 is 5.97 Å². The van der Waals surface area contributed by atoms with E-state index in [1.54, 1.807) is 6.92 Å². The van der Waals surface area contributed by atoms with Crippen LogP contribution >= 0.6 is 0 Å². The number of carbonyl (C=O) groups excluding carboxylic acids is 1. The monoisotopic (exact) mass is 174 g/mol. The Balaban J connectivity index is 4.13. The average molecular weight is 174 g/mol. The highest BCUT2D eigenvalue weighted by Gasteiger charge is 2.33. The van der Waals surface area contributed by atoms with E-state index >= 15 is 0 Å². The summed E-state index contributed by atoms with van der Waals surface area (Å²) in [5.74, 6) is -0.293. The fourth-order valence-corrected chi connectivity index (χ4v) is 1.02. The second kappa shape index (κ2) is 5.14. The van der Waals surface area contributed by atoms with Gasteiger partial charge in [0.2, 0.25) is 0 Å². The Labute approximate surface area is 74.0 Å². The smallest absolute Gasteiger partial charge is 0.337 e. The van der Waals surface area contributed by atoms with Crippen molar-refractivity contribution in [1.82, 2.24) is 0 Å². The van der Waals surface area contributed by atoms with Gasteiger partial charge in [0.25, 0.3) is 0 Å². The van der Waals surface area contributed by atoms with E-state index in [9.17, 15) is 4.79 Å². The molecule has 3 heteroatoms. The summed E-state index contributed by atoms with van der Waals surface area (Å²) in [5, 5.41) is 0. The van der Waals surface area contributed by atoms with E-state index in [2.05, 4.69) is 11.7 Å². The molecular weight excluding hydrogens is 156 g/mol. The summed E-state index contributed by atoms with van der Waals surface area (Å²) >= 11 is 0. The molecule has 0 aromatic carbocycles. The zero-order chi connectivity index (χ0) is 9.61. The first-order chi connectivity index (χ1) is 5.60. The Morgan fingerprint density at radius 2 is 2.00 bits per heavy atom. The first kappa shape index (κ1) is 11.4. The van der Waals surface area contributed by atoms with Crippen molar-refractivity contribution in [2.75, 3.05) is 14.2 Å². The molecule has 0 aliphatic heterocycles. The number of methoxy groups -OCH3 is 2. The third-order valence-corrected chi connectivity index (χ3v) is 2.08. The number of esters is 1. The summed E-state index contributed by atoms with van der Waals surface area (Å²) in [7, 11) is 2.91. The Hall–Kier alpha value is -0.570. The molecule has 0 saturated carbocycles. The summed E-state index contributed by atoms with van der Waals surface area (Å²) in [6, 6.07) is 0. The number of carbonyl (C=O) groups is 1. The molecule has 0 fully saturated rings. The topological polar surface area (TPSA) is 35.5 Å². The predicted octanol–water partition coefficient (Wildman–Crippen LogP) is 1.75. The van der Waals surface area contributed by atoms with Crippen molar-refractivity contribution in [2.24, 2.45) is 0 Å². The van der Waals surface area contributed by atoms with E-state index in [0.29, 0.717) is 6.42 Å². The summed E-state index contributed by atoms with van der Waals surface area (Å²) in [6.45, 7) is 3.84. The number of rotatable bonds is 5. The highest BCUT2D eigenvalue weighted by atomic mass is 16.6. The molecule has 0 spiro atoms. The maximum absolute atomic E-state index is 11.2. The lowest BCUT2D eigenvalue weighted by atomic mass is 9.99. The van der Waals surface area contributed by atoms with E-state index in [1.165, 1.54) is 14.2 Å². The molecule has 0 radical (unpaired) electrons. The van der Waals surface area contributed by atoms with Gasteiger partial charge in [0, 0.05) is 7.11 Å². The Kier molecular flexibility index (Phi) is 4.90. The molecule has 0 bridgehead atoms. The van der Waals surface area contributed by atoms with E-state index in [0.717, 1.165) is 12.8 Å². The minimum atomic E-state index is -0.759. The van der Waals surface area contributed by atoms with Crippen molar-refractivity contribution in [3.05, 3.63) is 0 Å². The van der Waals surface area contributed by atoms with Gasteiger partial charge in [-0.3, -0.25) is 0 Å². The lowest BCUT2D eigenvalue weighted by Crippen LogP contribution is -2.38. The summed E-state index contributed by atoms with van der Waals surface area (Å²) in [6.07, 6.45) is 2.74. The predicted molar refractivity (Wildman–Crippen MR) is 47.0 cm³/mol. The normalized spacial score (nSPS) is 15.3. The molecule has 0 aromatic rings. The van der Waals surface area contributed by atoms with Crippen LogP contribution < -0.4 is 0 Å². The number of hydrogen-bond donors (Lipinski definition) is 0. The van der Waals surface area contributed by atoms with Crippen molar-refractivity contribution in [1.29, 1.82) is 0 Å². The molecule has 1 atom stereocenters. The van der Waals surface area contributed by atoms with Crippen LogP contribution in [0.3, 0.4) is 0 Å². The highest BCUT2D eigenvalue weighted by Crippen LogP contribution is 2.19. The minimum absolute atomic E-state index is 0.293. The molecule has 0 saturated heterocycles. The quantitative estimate of drug-likeness (QED) is 0.596. The van der Waals surface area contributed by atoms with Gasteiger partial charge in [-0.1, -0.05) is 19.8 Å². The van der Waals surface area contributed by atoms with Crippen LogP contribution in [0.2, 0.25) is 0 Å². The van der Waals surface area contributed by atoms with Crippen molar-refractivity contribution in [3.63, 3.8) is 0 Å². The van der Waals surface area contributed by atoms with E-state index in [4.69, 9.17) is 4.74 Å². The molecule has 0 heterocycles. The third kappa shape index (κ3) is 2.81. The van der Waals surface area contributed by atoms with Gasteiger partial charge in [-0.15, -0.1) is 0 Å². The summed E-state index contributed by atoms with van der Waals surface area (Å²) in [4.78, 5) is 11.2. The molecule has 0 aliphatic rings. The fraction of sp³-hybridized carbons (Fsp3) is 0.889. The first-order valence-electron chi connectivity index (χ1n) is 4.24.